The molecule has 2 atom stereocenters. The monoisotopic (exact) mass is 283 g/mol. The molecule has 0 saturated carbocycles. The predicted octanol–water partition coefficient (Wildman–Crippen LogP) is 1.16. The van der Waals surface area contributed by atoms with Gasteiger partial charge in [-0.3, -0.25) is 4.90 Å². The zero-order valence-electron chi connectivity index (χ0n) is 11.5. The van der Waals surface area contributed by atoms with E-state index in [0.717, 1.165) is 19.4 Å². The third-order valence-electron chi connectivity index (χ3n) is 3.48. The molecule has 0 aliphatic carbocycles. The van der Waals surface area contributed by atoms with E-state index >= 15 is 0 Å². The van der Waals surface area contributed by atoms with Crippen LogP contribution in [0.5, 0.6) is 0 Å². The van der Waals surface area contributed by atoms with Gasteiger partial charge in [-0.15, -0.1) is 0 Å². The summed E-state index contributed by atoms with van der Waals surface area (Å²) in [6.07, 6.45) is 0.864. The van der Waals surface area contributed by atoms with Gasteiger partial charge in [0.25, 0.3) is 0 Å². The van der Waals surface area contributed by atoms with E-state index in [1.807, 2.05) is 4.90 Å². The molecule has 2 rings (SSSR count). The molecule has 1 aromatic carbocycles. The lowest BCUT2D eigenvalue weighted by molar-refractivity contribution is -0.00784. The zero-order chi connectivity index (χ0) is 14.4. The van der Waals surface area contributed by atoms with Gasteiger partial charge in [0.15, 0.2) is 0 Å². The molecule has 2 unspecified atom stereocenters. The van der Waals surface area contributed by atoms with Gasteiger partial charge in [-0.2, -0.15) is 0 Å². The first-order valence-corrected chi connectivity index (χ1v) is 7.05. The average Bonchev–Trinajstić information content (AvgIpc) is 2.41. The summed E-state index contributed by atoms with van der Waals surface area (Å²) in [6, 6.07) is 6.45. The van der Waals surface area contributed by atoms with Crippen molar-refractivity contribution in [2.45, 2.75) is 31.7 Å². The van der Waals surface area contributed by atoms with Crippen LogP contribution < -0.4 is 0 Å². The normalized spacial score (nSPS) is 21.9. The number of ether oxygens (including phenoxy) is 1. The minimum atomic E-state index is -0.618. The molecular formula is C15H22FNO3. The van der Waals surface area contributed by atoms with Crippen LogP contribution in [-0.4, -0.2) is 53.6 Å². The van der Waals surface area contributed by atoms with E-state index in [2.05, 4.69) is 0 Å². The van der Waals surface area contributed by atoms with Crippen molar-refractivity contribution in [2.24, 2.45) is 0 Å². The van der Waals surface area contributed by atoms with Gasteiger partial charge < -0.3 is 14.9 Å². The number of aliphatic hydroxyl groups is 2. The number of hydrogen-bond acceptors (Lipinski definition) is 4. The number of piperidine rings is 1. The fraction of sp³-hybridized carbons (Fsp3) is 0.600. The third kappa shape index (κ3) is 4.83. The van der Waals surface area contributed by atoms with Crippen LogP contribution >= 0.6 is 0 Å². The second-order valence-corrected chi connectivity index (χ2v) is 5.32. The number of likely N-dealkylation sites (tertiary alicyclic amines) is 1. The van der Waals surface area contributed by atoms with Crippen LogP contribution in [-0.2, 0) is 11.3 Å². The second-order valence-electron chi connectivity index (χ2n) is 5.32. The van der Waals surface area contributed by atoms with Crippen LogP contribution in [0, 0.1) is 5.82 Å². The molecule has 1 saturated heterocycles. The molecule has 2 N–H and O–H groups in total. The summed E-state index contributed by atoms with van der Waals surface area (Å²) in [5.74, 6) is -0.291. The van der Waals surface area contributed by atoms with Crippen LogP contribution in [0.2, 0.25) is 0 Å². The highest BCUT2D eigenvalue weighted by molar-refractivity contribution is 5.16. The molecule has 1 heterocycles. The van der Waals surface area contributed by atoms with Crippen molar-refractivity contribution in [3.05, 3.63) is 35.6 Å². The summed E-state index contributed by atoms with van der Waals surface area (Å²) < 4.78 is 18.7. The molecular weight excluding hydrogens is 261 g/mol. The highest BCUT2D eigenvalue weighted by atomic mass is 19.1. The highest BCUT2D eigenvalue weighted by Gasteiger charge is 2.19. The van der Waals surface area contributed by atoms with E-state index in [-0.39, 0.29) is 25.1 Å². The summed E-state index contributed by atoms with van der Waals surface area (Å²) in [5, 5.41) is 19.4. The van der Waals surface area contributed by atoms with Gasteiger partial charge in [0, 0.05) is 18.7 Å². The van der Waals surface area contributed by atoms with Gasteiger partial charge in [0.1, 0.15) is 5.82 Å². The SMILES string of the molecule is OC1CCCN(CC(O)COCc2ccccc2F)C1. The van der Waals surface area contributed by atoms with E-state index < -0.39 is 6.10 Å². The van der Waals surface area contributed by atoms with Crippen LogP contribution in [0.4, 0.5) is 4.39 Å². The van der Waals surface area contributed by atoms with Crippen LogP contribution in [0.25, 0.3) is 0 Å². The summed E-state index contributed by atoms with van der Waals surface area (Å²) in [6.45, 7) is 2.30. The Morgan fingerprint density at radius 3 is 2.95 bits per heavy atom. The maximum atomic E-state index is 13.4. The number of halogens is 1. The van der Waals surface area contributed by atoms with Crippen molar-refractivity contribution in [1.29, 1.82) is 0 Å². The molecule has 20 heavy (non-hydrogen) atoms. The Morgan fingerprint density at radius 1 is 1.40 bits per heavy atom. The molecule has 1 aromatic rings. The summed E-state index contributed by atoms with van der Waals surface area (Å²) in [4.78, 5) is 2.03. The number of aliphatic hydroxyl groups excluding tert-OH is 2. The lowest BCUT2D eigenvalue weighted by Gasteiger charge is -2.31. The molecule has 0 bridgehead atoms. The van der Waals surface area contributed by atoms with Gasteiger partial charge in [-0.1, -0.05) is 18.2 Å². The molecule has 0 radical (unpaired) electrons. The Hall–Kier alpha value is -1.01. The molecule has 5 heteroatoms. The first-order valence-electron chi connectivity index (χ1n) is 7.05. The molecule has 1 aliphatic heterocycles. The first-order chi connectivity index (χ1) is 9.65. The van der Waals surface area contributed by atoms with Gasteiger partial charge in [0.05, 0.1) is 25.4 Å². The fourth-order valence-electron chi connectivity index (χ4n) is 2.47. The van der Waals surface area contributed by atoms with Crippen molar-refractivity contribution in [3.63, 3.8) is 0 Å². The lowest BCUT2D eigenvalue weighted by Crippen LogP contribution is -2.43. The van der Waals surface area contributed by atoms with Crippen molar-refractivity contribution < 1.29 is 19.3 Å². The molecule has 0 spiro atoms. The van der Waals surface area contributed by atoms with Crippen molar-refractivity contribution >= 4 is 0 Å². The van der Waals surface area contributed by atoms with Gasteiger partial charge in [-0.25, -0.2) is 4.39 Å². The van der Waals surface area contributed by atoms with Crippen molar-refractivity contribution in [3.8, 4) is 0 Å². The van der Waals surface area contributed by atoms with Crippen LogP contribution in [0.3, 0.4) is 0 Å². The summed E-state index contributed by atoms with van der Waals surface area (Å²) >= 11 is 0. The number of hydrogen-bond donors (Lipinski definition) is 2. The topological polar surface area (TPSA) is 52.9 Å². The molecule has 1 fully saturated rings. The minimum Gasteiger partial charge on any atom is -0.392 e. The Kier molecular flexibility index (Phi) is 5.91. The zero-order valence-corrected chi connectivity index (χ0v) is 11.5. The molecule has 1 aliphatic rings. The van der Waals surface area contributed by atoms with Gasteiger partial charge in [0.2, 0.25) is 0 Å². The maximum Gasteiger partial charge on any atom is 0.128 e. The predicted molar refractivity (Wildman–Crippen MR) is 73.7 cm³/mol. The van der Waals surface area contributed by atoms with E-state index in [1.54, 1.807) is 18.2 Å². The Morgan fingerprint density at radius 2 is 2.20 bits per heavy atom. The summed E-state index contributed by atoms with van der Waals surface area (Å²) in [5.41, 5.74) is 0.494. The number of benzene rings is 1. The fourth-order valence-corrected chi connectivity index (χ4v) is 2.47. The van der Waals surface area contributed by atoms with E-state index in [1.165, 1.54) is 6.07 Å². The second kappa shape index (κ2) is 7.69. The summed E-state index contributed by atoms with van der Waals surface area (Å²) in [7, 11) is 0. The smallest absolute Gasteiger partial charge is 0.128 e. The van der Waals surface area contributed by atoms with Gasteiger partial charge >= 0.3 is 0 Å². The first kappa shape index (κ1) is 15.4. The van der Waals surface area contributed by atoms with Crippen LogP contribution in [0.15, 0.2) is 24.3 Å². The Bertz CT molecular complexity index is 416. The molecule has 0 aromatic heterocycles. The number of β-amino-alcohol motifs (C(OH)–C–C–N with tert-alkyl or cyclic N) is 2. The van der Waals surface area contributed by atoms with Crippen LogP contribution in [0.1, 0.15) is 18.4 Å². The number of nitrogens with zero attached hydrogens (tertiary/aromatic N) is 1. The van der Waals surface area contributed by atoms with E-state index in [9.17, 15) is 14.6 Å². The quantitative estimate of drug-likeness (QED) is 0.822. The lowest BCUT2D eigenvalue weighted by atomic mass is 10.1. The molecule has 112 valence electrons. The number of rotatable bonds is 6. The molecule has 4 nitrogen and oxygen atoms in total. The van der Waals surface area contributed by atoms with Gasteiger partial charge in [-0.05, 0) is 25.5 Å². The Balaban J connectivity index is 1.67. The third-order valence-corrected chi connectivity index (χ3v) is 3.48. The highest BCUT2D eigenvalue weighted by Crippen LogP contribution is 2.11. The molecule has 0 amide bonds. The van der Waals surface area contributed by atoms with Crippen molar-refractivity contribution in [2.75, 3.05) is 26.2 Å². The van der Waals surface area contributed by atoms with E-state index in [0.29, 0.717) is 18.7 Å². The maximum absolute atomic E-state index is 13.4. The average molecular weight is 283 g/mol. The van der Waals surface area contributed by atoms with E-state index in [4.69, 9.17) is 4.74 Å². The Labute approximate surface area is 118 Å². The van der Waals surface area contributed by atoms with Crippen molar-refractivity contribution in [1.82, 2.24) is 4.90 Å². The largest absolute Gasteiger partial charge is 0.392 e. The standard InChI is InChI=1S/C15H22FNO3/c16-15-6-2-1-4-12(15)10-20-11-14(19)9-17-7-3-5-13(18)8-17/h1-2,4,6,13-14,18-19H,3,5,7-11H2. The minimum absolute atomic E-state index is 0.159.